The van der Waals surface area contributed by atoms with Crippen LogP contribution in [-0.4, -0.2) is 20.9 Å². The zero-order valence-corrected chi connectivity index (χ0v) is 9.22. The Morgan fingerprint density at radius 1 is 1.85 bits per heavy atom. The summed E-state index contributed by atoms with van der Waals surface area (Å²) < 4.78 is 2.73. The second-order valence-electron chi connectivity index (χ2n) is 2.57. The van der Waals surface area contributed by atoms with Gasteiger partial charge in [-0.15, -0.1) is 0 Å². The molecule has 0 fully saturated rings. The molecular weight excluding hydrogens is 283 g/mol. The fourth-order valence-corrected chi connectivity index (χ4v) is 1.20. The molecule has 1 aromatic heterocycles. The van der Waals surface area contributed by atoms with Gasteiger partial charge in [-0.3, -0.25) is 4.68 Å². The minimum atomic E-state index is -0.887. The van der Waals surface area contributed by atoms with Crippen LogP contribution in [0.3, 0.4) is 0 Å². The van der Waals surface area contributed by atoms with Gasteiger partial charge in [-0.2, -0.15) is 5.10 Å². The summed E-state index contributed by atoms with van der Waals surface area (Å²) in [5, 5.41) is 12.6. The molecule has 1 heterocycles. The number of allylic oxidation sites excluding steroid dienone is 1. The summed E-state index contributed by atoms with van der Waals surface area (Å²) in [4.78, 5) is 10.4. The van der Waals surface area contributed by atoms with Crippen molar-refractivity contribution < 1.29 is 9.90 Å². The minimum Gasteiger partial charge on any atom is -0.478 e. The van der Waals surface area contributed by atoms with E-state index in [0.717, 1.165) is 3.57 Å². The van der Waals surface area contributed by atoms with Gasteiger partial charge < -0.3 is 5.11 Å². The number of hydrogen-bond acceptors (Lipinski definition) is 2. The number of halogens is 1. The Kier molecular flexibility index (Phi) is 3.47. The van der Waals surface area contributed by atoms with Gasteiger partial charge in [-0.1, -0.05) is 6.08 Å². The Labute approximate surface area is 89.4 Å². The lowest BCUT2D eigenvalue weighted by Gasteiger charge is -1.95. The van der Waals surface area contributed by atoms with Crippen LogP contribution in [0.25, 0.3) is 0 Å². The van der Waals surface area contributed by atoms with Crippen LogP contribution in [0, 0.1) is 3.57 Å². The van der Waals surface area contributed by atoms with E-state index in [9.17, 15) is 4.79 Å². The van der Waals surface area contributed by atoms with Crippen molar-refractivity contribution in [3.8, 4) is 0 Å². The van der Waals surface area contributed by atoms with Crippen LogP contribution in [0.2, 0.25) is 0 Å². The third-order valence-electron chi connectivity index (χ3n) is 1.52. The molecule has 4 nitrogen and oxygen atoms in total. The molecule has 1 aromatic rings. The zero-order chi connectivity index (χ0) is 9.84. The number of carboxylic acids is 1. The lowest BCUT2D eigenvalue weighted by molar-refractivity contribution is -0.132. The van der Waals surface area contributed by atoms with Crippen molar-refractivity contribution in [3.05, 3.63) is 27.6 Å². The van der Waals surface area contributed by atoms with Gasteiger partial charge in [0.2, 0.25) is 0 Å². The van der Waals surface area contributed by atoms with Crippen molar-refractivity contribution in [2.24, 2.45) is 0 Å². The summed E-state index contributed by atoms with van der Waals surface area (Å²) in [6.07, 6.45) is 5.21. The number of aliphatic carboxylic acids is 1. The second-order valence-corrected chi connectivity index (χ2v) is 3.82. The molecule has 13 heavy (non-hydrogen) atoms. The fourth-order valence-electron chi connectivity index (χ4n) is 0.756. The molecule has 0 aliphatic carbocycles. The number of rotatable bonds is 3. The highest BCUT2D eigenvalue weighted by Gasteiger charge is 1.98. The molecule has 1 rings (SSSR count). The van der Waals surface area contributed by atoms with E-state index in [1.165, 1.54) is 0 Å². The normalized spacial score (nSPS) is 11.7. The highest BCUT2D eigenvalue weighted by Crippen LogP contribution is 2.02. The molecule has 0 saturated carbocycles. The van der Waals surface area contributed by atoms with Gasteiger partial charge in [0.25, 0.3) is 0 Å². The van der Waals surface area contributed by atoms with Crippen molar-refractivity contribution in [1.82, 2.24) is 9.78 Å². The molecule has 0 amide bonds. The van der Waals surface area contributed by atoms with E-state index in [-0.39, 0.29) is 0 Å². The number of carbonyl (C=O) groups is 1. The number of hydrogen-bond donors (Lipinski definition) is 1. The molecule has 0 aromatic carbocycles. The second kappa shape index (κ2) is 4.40. The van der Waals surface area contributed by atoms with E-state index < -0.39 is 5.97 Å². The maximum atomic E-state index is 10.4. The third kappa shape index (κ3) is 3.17. The molecule has 0 atom stereocenters. The van der Waals surface area contributed by atoms with Gasteiger partial charge in [0.1, 0.15) is 0 Å². The maximum absolute atomic E-state index is 10.4. The van der Waals surface area contributed by atoms with Gasteiger partial charge in [0.15, 0.2) is 0 Å². The van der Waals surface area contributed by atoms with Gasteiger partial charge >= 0.3 is 5.97 Å². The Bertz CT molecular complexity index is 344. The van der Waals surface area contributed by atoms with Crippen LogP contribution in [0.4, 0.5) is 0 Å². The van der Waals surface area contributed by atoms with Crippen LogP contribution < -0.4 is 0 Å². The summed E-state index contributed by atoms with van der Waals surface area (Å²) in [6, 6.07) is 0. The van der Waals surface area contributed by atoms with Gasteiger partial charge in [-0.25, -0.2) is 4.79 Å². The Morgan fingerprint density at radius 3 is 3.00 bits per heavy atom. The molecule has 70 valence electrons. The fraction of sp³-hybridized carbons (Fsp3) is 0.250. The molecule has 0 unspecified atom stereocenters. The molecule has 0 spiro atoms. The number of aromatic nitrogens is 2. The molecule has 0 saturated heterocycles. The van der Waals surface area contributed by atoms with E-state index in [0.29, 0.717) is 12.1 Å². The van der Waals surface area contributed by atoms with Crippen molar-refractivity contribution in [2.75, 3.05) is 0 Å². The maximum Gasteiger partial charge on any atom is 0.331 e. The monoisotopic (exact) mass is 292 g/mol. The summed E-state index contributed by atoms with van der Waals surface area (Å²) >= 11 is 2.15. The summed E-state index contributed by atoms with van der Waals surface area (Å²) in [7, 11) is 0. The van der Waals surface area contributed by atoms with E-state index in [1.807, 2.05) is 6.20 Å². The predicted molar refractivity (Wildman–Crippen MR) is 56.3 cm³/mol. The quantitative estimate of drug-likeness (QED) is 0.679. The first-order valence-electron chi connectivity index (χ1n) is 3.67. The number of carboxylic acid groups (broad SMARTS) is 1. The third-order valence-corrected chi connectivity index (χ3v) is 2.08. The summed E-state index contributed by atoms with van der Waals surface area (Å²) in [6.45, 7) is 2.07. The van der Waals surface area contributed by atoms with E-state index in [2.05, 4.69) is 27.7 Å². The average molecular weight is 292 g/mol. The van der Waals surface area contributed by atoms with Crippen LogP contribution in [0.1, 0.15) is 6.92 Å². The van der Waals surface area contributed by atoms with Crippen molar-refractivity contribution in [1.29, 1.82) is 0 Å². The Balaban J connectivity index is 2.61. The number of nitrogens with zero attached hydrogens (tertiary/aromatic N) is 2. The van der Waals surface area contributed by atoms with Crippen molar-refractivity contribution in [2.45, 2.75) is 13.5 Å². The summed E-state index contributed by atoms with van der Waals surface area (Å²) in [5.74, 6) is -0.887. The topological polar surface area (TPSA) is 55.1 Å². The van der Waals surface area contributed by atoms with E-state index in [4.69, 9.17) is 5.11 Å². The van der Waals surface area contributed by atoms with Crippen molar-refractivity contribution >= 4 is 28.6 Å². The van der Waals surface area contributed by atoms with Crippen molar-refractivity contribution in [3.63, 3.8) is 0 Å². The molecule has 0 radical (unpaired) electrons. The lowest BCUT2D eigenvalue weighted by Crippen LogP contribution is -2.00. The average Bonchev–Trinajstić information content (AvgIpc) is 2.47. The molecule has 0 aliphatic rings. The molecular formula is C8H9IN2O2. The standard InChI is InChI=1S/C8H9IN2O2/c1-6(8(12)13)2-3-11-5-7(9)4-10-11/h2,4-5H,3H2,1H3,(H,12,13). The van der Waals surface area contributed by atoms with E-state index in [1.54, 1.807) is 23.9 Å². The molecule has 5 heteroatoms. The van der Waals surface area contributed by atoms with E-state index >= 15 is 0 Å². The van der Waals surface area contributed by atoms with Gasteiger partial charge in [0, 0.05) is 11.8 Å². The smallest absolute Gasteiger partial charge is 0.331 e. The predicted octanol–water partition coefficient (Wildman–Crippen LogP) is 1.52. The minimum absolute atomic E-state index is 0.338. The first-order valence-corrected chi connectivity index (χ1v) is 4.75. The van der Waals surface area contributed by atoms with Crippen LogP contribution in [-0.2, 0) is 11.3 Å². The zero-order valence-electron chi connectivity index (χ0n) is 7.07. The highest BCUT2D eigenvalue weighted by atomic mass is 127. The first-order chi connectivity index (χ1) is 6.09. The molecule has 0 aliphatic heterocycles. The van der Waals surface area contributed by atoms with Crippen LogP contribution >= 0.6 is 22.6 Å². The first kappa shape index (κ1) is 10.2. The van der Waals surface area contributed by atoms with Gasteiger partial charge in [0.05, 0.1) is 16.3 Å². The van der Waals surface area contributed by atoms with Crippen LogP contribution in [0.5, 0.6) is 0 Å². The lowest BCUT2D eigenvalue weighted by atomic mass is 10.3. The SMILES string of the molecule is CC(=CCn1cc(I)cn1)C(=O)O. The Hall–Kier alpha value is -0.850. The molecule has 1 N–H and O–H groups in total. The Morgan fingerprint density at radius 2 is 2.54 bits per heavy atom. The van der Waals surface area contributed by atoms with Gasteiger partial charge in [-0.05, 0) is 29.5 Å². The summed E-state index contributed by atoms with van der Waals surface area (Å²) in [5.41, 5.74) is 0.338. The highest BCUT2D eigenvalue weighted by molar-refractivity contribution is 14.1. The van der Waals surface area contributed by atoms with Crippen LogP contribution in [0.15, 0.2) is 24.0 Å². The molecule has 0 bridgehead atoms. The largest absolute Gasteiger partial charge is 0.478 e.